The van der Waals surface area contributed by atoms with E-state index >= 15 is 0 Å². The Morgan fingerprint density at radius 1 is 1.04 bits per heavy atom. The number of guanidine groups is 1. The fourth-order valence-electron chi connectivity index (χ4n) is 3.21. The molecule has 1 fully saturated rings. The average molecular weight is 371 g/mol. The molecule has 0 amide bonds. The molecule has 1 saturated heterocycles. The number of benzene rings is 1. The van der Waals surface area contributed by atoms with Crippen LogP contribution in [0.1, 0.15) is 40.6 Å². The highest BCUT2D eigenvalue weighted by Crippen LogP contribution is 2.15. The quantitative estimate of drug-likeness (QED) is 0.573. The van der Waals surface area contributed by atoms with Crippen molar-refractivity contribution in [3.05, 3.63) is 57.3 Å². The highest BCUT2D eigenvalue weighted by molar-refractivity contribution is 7.11. The van der Waals surface area contributed by atoms with Crippen molar-refractivity contribution in [3.63, 3.8) is 0 Å². The van der Waals surface area contributed by atoms with E-state index in [9.17, 15) is 0 Å². The number of aryl methyl sites for hydroxylation is 1. The maximum Gasteiger partial charge on any atom is 0.191 e. The summed E-state index contributed by atoms with van der Waals surface area (Å²) in [5.74, 6) is 0.875. The lowest BCUT2D eigenvalue weighted by atomic mass is 10.1. The molecule has 2 N–H and O–H groups in total. The Morgan fingerprint density at radius 2 is 1.77 bits per heavy atom. The van der Waals surface area contributed by atoms with Gasteiger partial charge in [0.05, 0.1) is 13.1 Å². The van der Waals surface area contributed by atoms with Crippen LogP contribution in [0.15, 0.2) is 41.4 Å². The molecule has 0 aliphatic carbocycles. The van der Waals surface area contributed by atoms with Gasteiger partial charge >= 0.3 is 0 Å². The van der Waals surface area contributed by atoms with Gasteiger partial charge in [0.25, 0.3) is 0 Å². The first-order valence-corrected chi connectivity index (χ1v) is 10.4. The lowest BCUT2D eigenvalue weighted by Crippen LogP contribution is -2.36. The van der Waals surface area contributed by atoms with Gasteiger partial charge in [0.1, 0.15) is 0 Å². The summed E-state index contributed by atoms with van der Waals surface area (Å²) in [6.45, 7) is 10.2. The van der Waals surface area contributed by atoms with E-state index in [0.29, 0.717) is 6.54 Å². The largest absolute Gasteiger partial charge is 0.357 e. The normalized spacial score (nSPS) is 15.4. The van der Waals surface area contributed by atoms with E-state index in [1.54, 1.807) is 0 Å². The van der Waals surface area contributed by atoms with Crippen LogP contribution >= 0.6 is 11.3 Å². The first kappa shape index (κ1) is 18.9. The minimum Gasteiger partial charge on any atom is -0.357 e. The SMILES string of the molecule is CCNC(=NCc1ccc(CN2CCCC2)cc1)NCc1ccc(C)s1. The summed E-state index contributed by atoms with van der Waals surface area (Å²) in [5.41, 5.74) is 2.65. The molecule has 4 nitrogen and oxygen atoms in total. The number of rotatable bonds is 7. The fourth-order valence-corrected chi connectivity index (χ4v) is 4.04. The molecule has 140 valence electrons. The molecule has 1 aliphatic rings. The lowest BCUT2D eigenvalue weighted by molar-refractivity contribution is 0.331. The van der Waals surface area contributed by atoms with Gasteiger partial charge < -0.3 is 10.6 Å². The van der Waals surface area contributed by atoms with E-state index in [0.717, 1.165) is 25.6 Å². The molecule has 0 saturated carbocycles. The number of hydrogen-bond donors (Lipinski definition) is 2. The molecule has 3 rings (SSSR count). The summed E-state index contributed by atoms with van der Waals surface area (Å²) in [6.07, 6.45) is 2.69. The zero-order chi connectivity index (χ0) is 18.2. The Labute approximate surface area is 161 Å². The van der Waals surface area contributed by atoms with Crippen LogP contribution in [0.4, 0.5) is 0 Å². The molecule has 0 atom stereocenters. The molecule has 2 aromatic rings. The van der Waals surface area contributed by atoms with Gasteiger partial charge in [-0.05, 0) is 63.0 Å². The Kier molecular flexibility index (Phi) is 7.09. The van der Waals surface area contributed by atoms with Crippen molar-refractivity contribution in [2.45, 2.75) is 46.3 Å². The van der Waals surface area contributed by atoms with E-state index in [-0.39, 0.29) is 0 Å². The monoisotopic (exact) mass is 370 g/mol. The number of hydrogen-bond acceptors (Lipinski definition) is 3. The van der Waals surface area contributed by atoms with Crippen LogP contribution in [0.5, 0.6) is 0 Å². The molecule has 26 heavy (non-hydrogen) atoms. The molecule has 0 radical (unpaired) electrons. The first-order chi connectivity index (χ1) is 12.7. The third-order valence-corrected chi connectivity index (χ3v) is 5.62. The predicted octanol–water partition coefficient (Wildman–Crippen LogP) is 3.91. The zero-order valence-corrected chi connectivity index (χ0v) is 16.7. The van der Waals surface area contributed by atoms with Crippen molar-refractivity contribution in [1.29, 1.82) is 0 Å². The number of likely N-dealkylation sites (tertiary alicyclic amines) is 1. The number of thiophene rings is 1. The van der Waals surface area contributed by atoms with Crippen LogP contribution in [0.3, 0.4) is 0 Å². The zero-order valence-electron chi connectivity index (χ0n) is 15.9. The second-order valence-corrected chi connectivity index (χ2v) is 8.23. The standard InChI is InChI=1S/C21H30N4S/c1-3-22-21(24-15-20-11-6-17(2)26-20)23-14-18-7-9-19(10-8-18)16-25-12-4-5-13-25/h6-11H,3-5,12-16H2,1-2H3,(H2,22,23,24). The summed E-state index contributed by atoms with van der Waals surface area (Å²) in [7, 11) is 0. The van der Waals surface area contributed by atoms with Crippen molar-refractivity contribution in [3.8, 4) is 0 Å². The van der Waals surface area contributed by atoms with Gasteiger partial charge in [-0.15, -0.1) is 11.3 Å². The molecule has 0 spiro atoms. The molecule has 1 aromatic carbocycles. The topological polar surface area (TPSA) is 39.7 Å². The molecule has 0 bridgehead atoms. The molecule has 1 aromatic heterocycles. The van der Waals surface area contributed by atoms with Gasteiger partial charge in [-0.2, -0.15) is 0 Å². The Hall–Kier alpha value is -1.85. The van der Waals surface area contributed by atoms with Crippen molar-refractivity contribution < 1.29 is 0 Å². The third kappa shape index (κ3) is 5.85. The molecule has 5 heteroatoms. The first-order valence-electron chi connectivity index (χ1n) is 9.60. The third-order valence-electron chi connectivity index (χ3n) is 4.62. The Balaban J connectivity index is 1.52. The fraction of sp³-hybridized carbons (Fsp3) is 0.476. The van der Waals surface area contributed by atoms with Gasteiger partial charge in [-0.3, -0.25) is 4.90 Å². The van der Waals surface area contributed by atoms with Crippen molar-refractivity contribution in [1.82, 2.24) is 15.5 Å². The molecular weight excluding hydrogens is 340 g/mol. The van der Waals surface area contributed by atoms with Crippen LogP contribution in [0, 0.1) is 6.92 Å². The Morgan fingerprint density at radius 3 is 2.42 bits per heavy atom. The number of aliphatic imine (C=N–C) groups is 1. The van der Waals surface area contributed by atoms with Crippen LogP contribution < -0.4 is 10.6 Å². The summed E-state index contributed by atoms with van der Waals surface area (Å²) < 4.78 is 0. The smallest absolute Gasteiger partial charge is 0.191 e. The minimum atomic E-state index is 0.697. The maximum atomic E-state index is 4.73. The summed E-state index contributed by atoms with van der Waals surface area (Å²) in [5, 5.41) is 6.75. The van der Waals surface area contributed by atoms with E-state index < -0.39 is 0 Å². The van der Waals surface area contributed by atoms with Crippen LogP contribution in [-0.2, 0) is 19.6 Å². The summed E-state index contributed by atoms with van der Waals surface area (Å²) in [6, 6.07) is 13.3. The number of nitrogens with one attached hydrogen (secondary N) is 2. The molecule has 0 unspecified atom stereocenters. The van der Waals surface area contributed by atoms with Crippen molar-refractivity contribution in [2.24, 2.45) is 4.99 Å². The van der Waals surface area contributed by atoms with Crippen LogP contribution in [-0.4, -0.2) is 30.5 Å². The Bertz CT molecular complexity index is 699. The van der Waals surface area contributed by atoms with Gasteiger partial charge in [0.2, 0.25) is 0 Å². The lowest BCUT2D eigenvalue weighted by Gasteiger charge is -2.14. The van der Waals surface area contributed by atoms with Crippen LogP contribution in [0.25, 0.3) is 0 Å². The van der Waals surface area contributed by atoms with E-state index in [2.05, 4.69) is 65.8 Å². The average Bonchev–Trinajstić information content (AvgIpc) is 3.30. The van der Waals surface area contributed by atoms with E-state index in [1.165, 1.54) is 46.8 Å². The highest BCUT2D eigenvalue weighted by atomic mass is 32.1. The summed E-state index contributed by atoms with van der Waals surface area (Å²) >= 11 is 1.83. The minimum absolute atomic E-state index is 0.697. The molecular formula is C21H30N4S. The maximum absolute atomic E-state index is 4.73. The van der Waals surface area contributed by atoms with Crippen molar-refractivity contribution in [2.75, 3.05) is 19.6 Å². The van der Waals surface area contributed by atoms with Crippen LogP contribution in [0.2, 0.25) is 0 Å². The summed E-state index contributed by atoms with van der Waals surface area (Å²) in [4.78, 5) is 9.94. The molecule has 1 aliphatic heterocycles. The predicted molar refractivity (Wildman–Crippen MR) is 112 cm³/mol. The van der Waals surface area contributed by atoms with Gasteiger partial charge in [-0.1, -0.05) is 24.3 Å². The second-order valence-electron chi connectivity index (χ2n) is 6.86. The van der Waals surface area contributed by atoms with E-state index in [4.69, 9.17) is 4.99 Å². The van der Waals surface area contributed by atoms with Crippen molar-refractivity contribution >= 4 is 17.3 Å². The van der Waals surface area contributed by atoms with Gasteiger partial charge in [-0.25, -0.2) is 4.99 Å². The van der Waals surface area contributed by atoms with Gasteiger partial charge in [0.15, 0.2) is 5.96 Å². The van der Waals surface area contributed by atoms with E-state index in [1.807, 2.05) is 11.3 Å². The highest BCUT2D eigenvalue weighted by Gasteiger charge is 2.11. The number of nitrogens with zero attached hydrogens (tertiary/aromatic N) is 2. The second kappa shape index (κ2) is 9.74. The van der Waals surface area contributed by atoms with Gasteiger partial charge in [0, 0.05) is 22.8 Å². The molecule has 2 heterocycles.